The minimum atomic E-state index is -0.00886. The molecule has 8 heteroatoms. The van der Waals surface area contributed by atoms with Gasteiger partial charge in [0.05, 0.1) is 31.2 Å². The molecule has 0 atom stereocenters. The number of aryl methyl sites for hydroxylation is 2. The smallest absolute Gasteiger partial charge is 0.257 e. The molecular formula is C27H29N5O3. The summed E-state index contributed by atoms with van der Waals surface area (Å²) in [6.07, 6.45) is 1.68. The third-order valence-electron chi connectivity index (χ3n) is 6.65. The molecule has 0 unspecified atom stereocenters. The van der Waals surface area contributed by atoms with Crippen molar-refractivity contribution in [3.8, 4) is 22.6 Å². The lowest BCUT2D eigenvalue weighted by atomic mass is 10.1. The summed E-state index contributed by atoms with van der Waals surface area (Å²) in [4.78, 5) is 22.3. The van der Waals surface area contributed by atoms with Crippen molar-refractivity contribution < 1.29 is 14.3 Å². The summed E-state index contributed by atoms with van der Waals surface area (Å²) in [7, 11) is 3.23. The Hall–Kier alpha value is -4.07. The Labute approximate surface area is 204 Å². The first kappa shape index (κ1) is 22.7. The molecule has 8 nitrogen and oxygen atoms in total. The van der Waals surface area contributed by atoms with E-state index in [2.05, 4.69) is 22.0 Å². The molecule has 0 radical (unpaired) electrons. The van der Waals surface area contributed by atoms with Crippen LogP contribution in [0.15, 0.2) is 54.7 Å². The van der Waals surface area contributed by atoms with Gasteiger partial charge < -0.3 is 19.3 Å². The predicted molar refractivity (Wildman–Crippen MR) is 136 cm³/mol. The van der Waals surface area contributed by atoms with Gasteiger partial charge in [-0.2, -0.15) is 5.10 Å². The number of carbonyl (C=O) groups excluding carboxylic acids is 1. The van der Waals surface area contributed by atoms with Gasteiger partial charge in [-0.3, -0.25) is 4.79 Å². The topological polar surface area (TPSA) is 72.2 Å². The minimum Gasteiger partial charge on any atom is -0.493 e. The molecule has 4 aromatic rings. The Morgan fingerprint density at radius 1 is 0.914 bits per heavy atom. The maximum absolute atomic E-state index is 13.4. The van der Waals surface area contributed by atoms with E-state index in [-0.39, 0.29) is 5.91 Å². The highest BCUT2D eigenvalue weighted by Gasteiger charge is 2.26. The zero-order valence-electron chi connectivity index (χ0n) is 20.5. The minimum absolute atomic E-state index is 0.00886. The van der Waals surface area contributed by atoms with E-state index in [0.717, 1.165) is 35.6 Å². The van der Waals surface area contributed by atoms with Gasteiger partial charge in [-0.1, -0.05) is 24.3 Å². The largest absolute Gasteiger partial charge is 0.493 e. The van der Waals surface area contributed by atoms with Crippen LogP contribution in [0, 0.1) is 13.8 Å². The molecule has 1 fully saturated rings. The summed E-state index contributed by atoms with van der Waals surface area (Å²) in [5, 5.41) is 4.73. The average molecular weight is 472 g/mol. The molecule has 180 valence electrons. The monoisotopic (exact) mass is 471 g/mol. The zero-order chi connectivity index (χ0) is 24.5. The van der Waals surface area contributed by atoms with Crippen molar-refractivity contribution in [2.24, 2.45) is 0 Å². The molecule has 0 N–H and O–H groups in total. The first-order valence-electron chi connectivity index (χ1n) is 11.7. The number of ether oxygens (including phenoxy) is 2. The van der Waals surface area contributed by atoms with Gasteiger partial charge in [0.15, 0.2) is 17.1 Å². The second-order valence-corrected chi connectivity index (χ2v) is 8.64. The Morgan fingerprint density at radius 2 is 1.63 bits per heavy atom. The summed E-state index contributed by atoms with van der Waals surface area (Å²) in [5.41, 5.74) is 5.91. The number of rotatable bonds is 5. The normalized spacial score (nSPS) is 13.8. The zero-order valence-corrected chi connectivity index (χ0v) is 20.5. The number of benzene rings is 2. The van der Waals surface area contributed by atoms with Crippen LogP contribution >= 0.6 is 0 Å². The third kappa shape index (κ3) is 4.05. The molecule has 1 aliphatic heterocycles. The second-order valence-electron chi connectivity index (χ2n) is 8.64. The van der Waals surface area contributed by atoms with E-state index < -0.39 is 0 Å². The molecule has 2 aromatic carbocycles. The number of fused-ring (bicyclic) bond motifs is 1. The van der Waals surface area contributed by atoms with Crippen LogP contribution in [0.1, 0.15) is 21.7 Å². The summed E-state index contributed by atoms with van der Waals surface area (Å²) < 4.78 is 12.6. The summed E-state index contributed by atoms with van der Waals surface area (Å²) in [5.74, 6) is 1.29. The van der Waals surface area contributed by atoms with Crippen LogP contribution in [0.3, 0.4) is 0 Å². The highest BCUT2D eigenvalue weighted by atomic mass is 16.5. The Morgan fingerprint density at radius 3 is 2.31 bits per heavy atom. The van der Waals surface area contributed by atoms with Gasteiger partial charge in [0, 0.05) is 43.6 Å². The number of methoxy groups -OCH3 is 2. The molecule has 35 heavy (non-hydrogen) atoms. The molecule has 5 rings (SSSR count). The number of piperazine rings is 1. The van der Waals surface area contributed by atoms with E-state index in [4.69, 9.17) is 14.6 Å². The van der Waals surface area contributed by atoms with Crippen molar-refractivity contribution in [2.75, 3.05) is 45.3 Å². The number of carbonyl (C=O) groups is 1. The van der Waals surface area contributed by atoms with E-state index in [9.17, 15) is 4.79 Å². The second kappa shape index (κ2) is 9.29. The van der Waals surface area contributed by atoms with E-state index in [1.54, 1.807) is 24.9 Å². The van der Waals surface area contributed by atoms with Crippen molar-refractivity contribution in [3.05, 3.63) is 71.7 Å². The van der Waals surface area contributed by atoms with Crippen LogP contribution in [0.25, 0.3) is 16.8 Å². The highest BCUT2D eigenvalue weighted by molar-refractivity contribution is 5.96. The van der Waals surface area contributed by atoms with Crippen LogP contribution < -0.4 is 14.4 Å². The van der Waals surface area contributed by atoms with Crippen molar-refractivity contribution in [3.63, 3.8) is 0 Å². The fourth-order valence-electron chi connectivity index (χ4n) is 4.72. The molecule has 0 spiro atoms. The van der Waals surface area contributed by atoms with E-state index in [1.165, 1.54) is 5.69 Å². The lowest BCUT2D eigenvalue weighted by molar-refractivity contribution is 0.0745. The van der Waals surface area contributed by atoms with Gasteiger partial charge in [-0.25, -0.2) is 9.50 Å². The molecule has 1 aliphatic rings. The van der Waals surface area contributed by atoms with Gasteiger partial charge in [-0.05, 0) is 43.7 Å². The van der Waals surface area contributed by atoms with Crippen LogP contribution in [0.4, 0.5) is 5.69 Å². The lowest BCUT2D eigenvalue weighted by Crippen LogP contribution is -2.49. The number of para-hydroxylation sites is 1. The van der Waals surface area contributed by atoms with E-state index in [1.807, 2.05) is 55.1 Å². The molecule has 0 bridgehead atoms. The molecule has 0 aliphatic carbocycles. The van der Waals surface area contributed by atoms with Crippen LogP contribution in [-0.2, 0) is 0 Å². The van der Waals surface area contributed by atoms with Crippen LogP contribution in [-0.4, -0.2) is 65.8 Å². The molecule has 2 aromatic heterocycles. The van der Waals surface area contributed by atoms with Crippen molar-refractivity contribution in [1.29, 1.82) is 0 Å². The Kier molecular flexibility index (Phi) is 6.03. The standard InChI is InChI=1S/C27H29N5O3/c1-18-25(20-10-11-23(34-3)24(16-20)35-4)26-28-17-22(19(2)32(26)29-18)27(33)31-14-12-30(13-15-31)21-8-6-5-7-9-21/h5-11,16-17H,12-15H2,1-4H3. The number of hydrogen-bond acceptors (Lipinski definition) is 6. The average Bonchev–Trinajstić information content (AvgIpc) is 3.25. The van der Waals surface area contributed by atoms with Gasteiger partial charge in [0.2, 0.25) is 0 Å². The Balaban J connectivity index is 1.42. The van der Waals surface area contributed by atoms with Crippen LogP contribution in [0.2, 0.25) is 0 Å². The maximum atomic E-state index is 13.4. The number of anilines is 1. The fourth-order valence-corrected chi connectivity index (χ4v) is 4.72. The molecule has 1 saturated heterocycles. The fraction of sp³-hybridized carbons (Fsp3) is 0.296. The molecular weight excluding hydrogens is 442 g/mol. The number of nitrogens with zero attached hydrogens (tertiary/aromatic N) is 5. The Bertz CT molecular complexity index is 1370. The first-order valence-corrected chi connectivity index (χ1v) is 11.7. The van der Waals surface area contributed by atoms with Crippen molar-refractivity contribution in [1.82, 2.24) is 19.5 Å². The third-order valence-corrected chi connectivity index (χ3v) is 6.65. The van der Waals surface area contributed by atoms with E-state index >= 15 is 0 Å². The summed E-state index contributed by atoms with van der Waals surface area (Å²) >= 11 is 0. The molecule has 3 heterocycles. The lowest BCUT2D eigenvalue weighted by Gasteiger charge is -2.36. The highest BCUT2D eigenvalue weighted by Crippen LogP contribution is 2.35. The van der Waals surface area contributed by atoms with Gasteiger partial charge in [0.25, 0.3) is 5.91 Å². The first-order chi connectivity index (χ1) is 17.0. The SMILES string of the molecule is COc1ccc(-c2c(C)nn3c(C)c(C(=O)N4CCN(c5ccccc5)CC4)cnc23)cc1OC. The predicted octanol–water partition coefficient (Wildman–Crippen LogP) is 3.99. The summed E-state index contributed by atoms with van der Waals surface area (Å²) in [6, 6.07) is 16.1. The summed E-state index contributed by atoms with van der Waals surface area (Å²) in [6.45, 7) is 6.81. The van der Waals surface area contributed by atoms with Gasteiger partial charge in [0.1, 0.15) is 0 Å². The maximum Gasteiger partial charge on any atom is 0.257 e. The number of hydrogen-bond donors (Lipinski definition) is 0. The molecule has 1 amide bonds. The van der Waals surface area contributed by atoms with Gasteiger partial charge in [-0.15, -0.1) is 0 Å². The van der Waals surface area contributed by atoms with Crippen molar-refractivity contribution in [2.45, 2.75) is 13.8 Å². The number of amides is 1. The van der Waals surface area contributed by atoms with E-state index in [0.29, 0.717) is 35.8 Å². The quantitative estimate of drug-likeness (QED) is 0.438. The van der Waals surface area contributed by atoms with Gasteiger partial charge >= 0.3 is 0 Å². The number of aromatic nitrogens is 3. The van der Waals surface area contributed by atoms with Crippen LogP contribution in [0.5, 0.6) is 11.5 Å². The van der Waals surface area contributed by atoms with Crippen molar-refractivity contribution >= 4 is 17.2 Å². The molecule has 0 saturated carbocycles.